The van der Waals surface area contributed by atoms with Crippen molar-refractivity contribution in [2.45, 2.75) is 26.1 Å². The van der Waals surface area contributed by atoms with Gasteiger partial charge in [-0.2, -0.15) is 0 Å². The molecule has 0 saturated carbocycles. The van der Waals surface area contributed by atoms with Gasteiger partial charge in [-0.15, -0.1) is 5.10 Å². The molecule has 0 radical (unpaired) electrons. The number of carbonyl (C=O) groups excluding carboxylic acids is 2. The molecule has 1 aromatic rings. The molecule has 3 atom stereocenters. The molecule has 2 heterocycles. The number of nitrogens with one attached hydrogen (secondary N) is 1. The fourth-order valence-corrected chi connectivity index (χ4v) is 1.67. The summed E-state index contributed by atoms with van der Waals surface area (Å²) in [7, 11) is 0. The first-order valence-electron chi connectivity index (χ1n) is 4.92. The van der Waals surface area contributed by atoms with Crippen LogP contribution in [0.2, 0.25) is 0 Å². The summed E-state index contributed by atoms with van der Waals surface area (Å²) in [6.07, 6.45) is 0.277. The summed E-state index contributed by atoms with van der Waals surface area (Å²) in [4.78, 5) is 22.2. The van der Waals surface area contributed by atoms with Gasteiger partial charge in [-0.1, -0.05) is 5.21 Å². The molecule has 0 unspecified atom stereocenters. The number of hydrogen-bond donors (Lipinski definition) is 2. The van der Waals surface area contributed by atoms with Crippen molar-refractivity contribution in [3.8, 4) is 0 Å². The van der Waals surface area contributed by atoms with E-state index in [1.165, 1.54) is 17.8 Å². The number of carbonyl (C=O) groups is 2. The smallest absolute Gasteiger partial charge is 0.231 e. The first kappa shape index (κ1) is 10.7. The van der Waals surface area contributed by atoms with Crippen LogP contribution in [0, 0.1) is 5.92 Å². The van der Waals surface area contributed by atoms with Gasteiger partial charge in [-0.25, -0.2) is 4.68 Å². The maximum atomic E-state index is 11.2. The van der Waals surface area contributed by atoms with Crippen LogP contribution in [0.15, 0.2) is 6.20 Å². The number of hydrogen-bond acceptors (Lipinski definition) is 5. The lowest BCUT2D eigenvalue weighted by molar-refractivity contribution is -0.145. The van der Waals surface area contributed by atoms with Crippen molar-refractivity contribution in [1.82, 2.24) is 20.3 Å². The molecule has 0 spiro atoms. The molecule has 1 aliphatic rings. The highest BCUT2D eigenvalue weighted by Gasteiger charge is 2.44. The van der Waals surface area contributed by atoms with E-state index in [2.05, 4.69) is 15.6 Å². The molecule has 0 aliphatic carbocycles. The number of aromatic nitrogens is 3. The van der Waals surface area contributed by atoms with E-state index in [9.17, 15) is 14.7 Å². The quantitative estimate of drug-likeness (QED) is 0.512. The van der Waals surface area contributed by atoms with Crippen LogP contribution in [0.5, 0.6) is 0 Å². The molecule has 1 saturated heterocycles. The Labute approximate surface area is 91.4 Å². The lowest BCUT2D eigenvalue weighted by Gasteiger charge is -2.37. The summed E-state index contributed by atoms with van der Waals surface area (Å²) in [6.45, 7) is 2.93. The van der Waals surface area contributed by atoms with Gasteiger partial charge in [0, 0.05) is 6.92 Å². The summed E-state index contributed by atoms with van der Waals surface area (Å²) in [6, 6.07) is 0. The van der Waals surface area contributed by atoms with Crippen molar-refractivity contribution in [3.05, 3.63) is 11.9 Å². The summed E-state index contributed by atoms with van der Waals surface area (Å²) in [5, 5.41) is 19.4. The van der Waals surface area contributed by atoms with Gasteiger partial charge in [0.05, 0.1) is 12.3 Å². The van der Waals surface area contributed by atoms with E-state index < -0.39 is 18.2 Å². The molecule has 2 rings (SSSR count). The Bertz CT molecular complexity index is 440. The van der Waals surface area contributed by atoms with Gasteiger partial charge in [-0.3, -0.25) is 9.59 Å². The predicted octanol–water partition coefficient (Wildman–Crippen LogP) is -0.894. The van der Waals surface area contributed by atoms with Crippen LogP contribution in [0.4, 0.5) is 0 Å². The van der Waals surface area contributed by atoms with E-state index in [4.69, 9.17) is 0 Å². The molecule has 1 aliphatic heterocycles. The SMILES string of the molecule is CC(=O)c1cn([C@H]2NC(=O)[C@@H]2[C@@H](C)O)nn1. The maximum absolute atomic E-state index is 11.2. The number of amides is 1. The Morgan fingerprint density at radius 2 is 2.38 bits per heavy atom. The zero-order valence-electron chi connectivity index (χ0n) is 8.91. The maximum Gasteiger partial charge on any atom is 0.231 e. The zero-order valence-corrected chi connectivity index (χ0v) is 8.91. The number of aliphatic hydroxyl groups excluding tert-OH is 1. The van der Waals surface area contributed by atoms with Gasteiger partial charge in [0.15, 0.2) is 5.78 Å². The Balaban J connectivity index is 2.19. The molecule has 0 aromatic carbocycles. The van der Waals surface area contributed by atoms with Crippen LogP contribution in [0.3, 0.4) is 0 Å². The summed E-state index contributed by atoms with van der Waals surface area (Å²) in [5.41, 5.74) is 0.241. The van der Waals surface area contributed by atoms with Gasteiger partial charge in [0.2, 0.25) is 5.91 Å². The standard InChI is InChI=1S/C9H12N4O3/c1-4(14)6-3-13(12-11-6)8-7(5(2)15)9(16)10-8/h3,5,7-8,15H,1-2H3,(H,10,16)/t5-,7-,8-/m1/s1. The van der Waals surface area contributed by atoms with Crippen molar-refractivity contribution in [3.63, 3.8) is 0 Å². The van der Waals surface area contributed by atoms with Crippen LogP contribution >= 0.6 is 0 Å². The average molecular weight is 224 g/mol. The van der Waals surface area contributed by atoms with Crippen LogP contribution in [-0.4, -0.2) is 37.9 Å². The lowest BCUT2D eigenvalue weighted by Crippen LogP contribution is -2.58. The second-order valence-corrected chi connectivity index (χ2v) is 3.86. The molecule has 0 bridgehead atoms. The van der Waals surface area contributed by atoms with Crippen molar-refractivity contribution in [1.29, 1.82) is 0 Å². The number of Topliss-reactive ketones (excluding diaryl/α,β-unsaturated/α-hetero) is 1. The minimum absolute atomic E-state index is 0.189. The third kappa shape index (κ3) is 1.58. The topological polar surface area (TPSA) is 97.1 Å². The Kier molecular flexibility index (Phi) is 2.47. The lowest BCUT2D eigenvalue weighted by atomic mass is 9.92. The van der Waals surface area contributed by atoms with Gasteiger partial charge in [-0.05, 0) is 6.92 Å². The number of β-lactam (4-membered cyclic amide) rings is 1. The fraction of sp³-hybridized carbons (Fsp3) is 0.556. The van der Waals surface area contributed by atoms with Crippen LogP contribution in [0.1, 0.15) is 30.5 Å². The largest absolute Gasteiger partial charge is 0.392 e. The summed E-state index contributed by atoms with van der Waals surface area (Å²) >= 11 is 0. The normalized spacial score (nSPS) is 25.8. The number of ketones is 1. The zero-order chi connectivity index (χ0) is 11.9. The van der Waals surface area contributed by atoms with Crippen LogP contribution in [0.25, 0.3) is 0 Å². The second kappa shape index (κ2) is 3.67. The van der Waals surface area contributed by atoms with E-state index in [1.54, 1.807) is 6.92 Å². The highest BCUT2D eigenvalue weighted by molar-refractivity contribution is 5.91. The third-order valence-electron chi connectivity index (χ3n) is 2.61. The molecule has 1 aromatic heterocycles. The molecule has 2 N–H and O–H groups in total. The van der Waals surface area contributed by atoms with Gasteiger partial charge < -0.3 is 10.4 Å². The number of nitrogens with zero attached hydrogens (tertiary/aromatic N) is 3. The molecule has 7 heteroatoms. The highest BCUT2D eigenvalue weighted by Crippen LogP contribution is 2.27. The van der Waals surface area contributed by atoms with E-state index in [0.29, 0.717) is 0 Å². The molecule has 86 valence electrons. The van der Waals surface area contributed by atoms with E-state index in [-0.39, 0.29) is 17.4 Å². The monoisotopic (exact) mass is 224 g/mol. The van der Waals surface area contributed by atoms with E-state index >= 15 is 0 Å². The molecule has 7 nitrogen and oxygen atoms in total. The molecule has 16 heavy (non-hydrogen) atoms. The Morgan fingerprint density at radius 3 is 2.81 bits per heavy atom. The first-order valence-corrected chi connectivity index (χ1v) is 4.92. The summed E-state index contributed by atoms with van der Waals surface area (Å²) in [5.74, 6) is -0.952. The van der Waals surface area contributed by atoms with E-state index in [1.807, 2.05) is 0 Å². The van der Waals surface area contributed by atoms with E-state index in [0.717, 1.165) is 0 Å². The molecular formula is C9H12N4O3. The van der Waals surface area contributed by atoms with Gasteiger partial charge >= 0.3 is 0 Å². The molecule has 1 amide bonds. The van der Waals surface area contributed by atoms with Crippen molar-refractivity contribution < 1.29 is 14.7 Å². The minimum Gasteiger partial charge on any atom is -0.392 e. The fourth-order valence-electron chi connectivity index (χ4n) is 1.67. The van der Waals surface area contributed by atoms with Gasteiger partial charge in [0.1, 0.15) is 17.8 Å². The molecule has 1 fully saturated rings. The van der Waals surface area contributed by atoms with Crippen LogP contribution in [-0.2, 0) is 4.79 Å². The van der Waals surface area contributed by atoms with Crippen molar-refractivity contribution in [2.24, 2.45) is 5.92 Å². The number of aliphatic hydroxyl groups is 1. The Morgan fingerprint density at radius 1 is 1.69 bits per heavy atom. The first-order chi connectivity index (χ1) is 7.50. The van der Waals surface area contributed by atoms with Crippen molar-refractivity contribution >= 4 is 11.7 Å². The van der Waals surface area contributed by atoms with Crippen molar-refractivity contribution in [2.75, 3.05) is 0 Å². The number of rotatable bonds is 3. The highest BCUT2D eigenvalue weighted by atomic mass is 16.3. The summed E-state index contributed by atoms with van der Waals surface area (Å²) < 4.78 is 1.38. The van der Waals surface area contributed by atoms with Gasteiger partial charge in [0.25, 0.3) is 0 Å². The average Bonchev–Trinajstić information content (AvgIpc) is 2.61. The predicted molar refractivity (Wildman–Crippen MR) is 52.4 cm³/mol. The minimum atomic E-state index is -0.760. The Hall–Kier alpha value is -1.76. The van der Waals surface area contributed by atoms with Crippen LogP contribution < -0.4 is 5.32 Å². The third-order valence-corrected chi connectivity index (χ3v) is 2.61. The second-order valence-electron chi connectivity index (χ2n) is 3.86. The molecular weight excluding hydrogens is 212 g/mol.